The van der Waals surface area contributed by atoms with Gasteiger partial charge in [0, 0.05) is 28.9 Å². The molecule has 0 bridgehead atoms. The van der Waals surface area contributed by atoms with Gasteiger partial charge in [0.1, 0.15) is 5.82 Å². The van der Waals surface area contributed by atoms with Gasteiger partial charge in [-0.3, -0.25) is 14.7 Å². The summed E-state index contributed by atoms with van der Waals surface area (Å²) in [5.74, 6) is 0.962. The Bertz CT molecular complexity index is 991. The molecule has 136 valence electrons. The highest BCUT2D eigenvalue weighted by molar-refractivity contribution is 6.30. The molecule has 26 heavy (non-hydrogen) atoms. The summed E-state index contributed by atoms with van der Waals surface area (Å²) in [6.07, 6.45) is 0.403. The van der Waals surface area contributed by atoms with Gasteiger partial charge in [0.25, 0.3) is 11.3 Å². The van der Waals surface area contributed by atoms with E-state index >= 15 is 0 Å². The van der Waals surface area contributed by atoms with Crippen molar-refractivity contribution in [3.63, 3.8) is 0 Å². The van der Waals surface area contributed by atoms with Crippen LogP contribution >= 0.6 is 11.6 Å². The average Bonchev–Trinajstić information content (AvgIpc) is 2.96. The molecular weight excluding hydrogens is 354 g/mol. The molecule has 2 heterocycles. The van der Waals surface area contributed by atoms with E-state index in [0.717, 1.165) is 5.69 Å². The van der Waals surface area contributed by atoms with Gasteiger partial charge in [-0.1, -0.05) is 25.4 Å². The number of H-pyrrole nitrogens is 1. The van der Waals surface area contributed by atoms with Crippen LogP contribution in [0.25, 0.3) is 5.78 Å². The standard InChI is InChI=1S/C18H20ClN5O2/c1-11(2)8-16(25)23(14-6-4-13(19)5-7-14)10-15-21-18-20-12(3)9-17(26)24(18)22-15/h4-7,9,11H,8,10H2,1-3H3,(H,20,21,22). The minimum absolute atomic E-state index is 0.0285. The second kappa shape index (κ2) is 7.29. The Morgan fingerprint density at radius 3 is 2.62 bits per heavy atom. The second-order valence-electron chi connectivity index (χ2n) is 6.60. The van der Waals surface area contributed by atoms with Gasteiger partial charge < -0.3 is 4.90 Å². The van der Waals surface area contributed by atoms with Gasteiger partial charge in [0.15, 0.2) is 0 Å². The molecule has 7 nitrogen and oxygen atoms in total. The molecule has 0 radical (unpaired) electrons. The molecule has 0 atom stereocenters. The summed E-state index contributed by atoms with van der Waals surface area (Å²) in [4.78, 5) is 35.0. The number of carbonyl (C=O) groups excluding carboxylic acids is 1. The van der Waals surface area contributed by atoms with E-state index in [2.05, 4.69) is 15.1 Å². The summed E-state index contributed by atoms with van der Waals surface area (Å²) >= 11 is 5.96. The lowest BCUT2D eigenvalue weighted by atomic mass is 10.1. The minimum Gasteiger partial charge on any atom is -0.305 e. The van der Waals surface area contributed by atoms with E-state index in [-0.39, 0.29) is 29.7 Å². The van der Waals surface area contributed by atoms with Crippen molar-refractivity contribution in [1.82, 2.24) is 19.6 Å². The molecule has 1 aromatic carbocycles. The Labute approximate surface area is 155 Å². The summed E-state index contributed by atoms with van der Waals surface area (Å²) in [6.45, 7) is 5.92. The number of rotatable bonds is 5. The van der Waals surface area contributed by atoms with Crippen LogP contribution in [0, 0.1) is 12.8 Å². The summed E-state index contributed by atoms with van der Waals surface area (Å²) in [7, 11) is 0. The van der Waals surface area contributed by atoms with Gasteiger partial charge in [0.2, 0.25) is 5.91 Å². The molecule has 0 unspecified atom stereocenters. The van der Waals surface area contributed by atoms with Crippen LogP contribution in [0.2, 0.25) is 5.02 Å². The minimum atomic E-state index is -0.238. The number of hydrogen-bond donors (Lipinski definition) is 1. The first-order valence-corrected chi connectivity index (χ1v) is 8.72. The molecule has 0 aliphatic heterocycles. The number of nitrogens with one attached hydrogen (secondary N) is 1. The largest absolute Gasteiger partial charge is 0.305 e. The molecule has 0 spiro atoms. The average molecular weight is 374 g/mol. The highest BCUT2D eigenvalue weighted by Crippen LogP contribution is 2.21. The number of aryl methyl sites for hydroxylation is 1. The predicted molar refractivity (Wildman–Crippen MR) is 100 cm³/mol. The van der Waals surface area contributed by atoms with Crippen LogP contribution in [0.4, 0.5) is 5.69 Å². The van der Waals surface area contributed by atoms with Crippen LogP contribution < -0.4 is 10.5 Å². The zero-order valence-corrected chi connectivity index (χ0v) is 15.6. The predicted octanol–water partition coefficient (Wildman–Crippen LogP) is 2.96. The van der Waals surface area contributed by atoms with Crippen LogP contribution in [-0.4, -0.2) is 25.5 Å². The number of fused-ring (bicyclic) bond motifs is 1. The van der Waals surface area contributed by atoms with Crippen molar-refractivity contribution in [2.45, 2.75) is 33.7 Å². The summed E-state index contributed by atoms with van der Waals surface area (Å²) in [5, 5.41) is 3.52. The molecule has 0 saturated heterocycles. The third kappa shape index (κ3) is 3.94. The number of benzene rings is 1. The van der Waals surface area contributed by atoms with Gasteiger partial charge >= 0.3 is 0 Å². The van der Waals surface area contributed by atoms with Crippen LogP contribution in [0.3, 0.4) is 0 Å². The fourth-order valence-corrected chi connectivity index (χ4v) is 2.79. The number of amides is 1. The van der Waals surface area contributed by atoms with E-state index in [1.807, 2.05) is 13.8 Å². The molecule has 1 N–H and O–H groups in total. The molecule has 3 aromatic rings. The Morgan fingerprint density at radius 1 is 1.27 bits per heavy atom. The van der Waals surface area contributed by atoms with Crippen molar-refractivity contribution in [1.29, 1.82) is 0 Å². The first kappa shape index (κ1) is 18.1. The van der Waals surface area contributed by atoms with Crippen molar-refractivity contribution < 1.29 is 4.79 Å². The zero-order valence-electron chi connectivity index (χ0n) is 14.9. The maximum absolute atomic E-state index is 12.7. The topological polar surface area (TPSA) is 83.4 Å². The highest BCUT2D eigenvalue weighted by Gasteiger charge is 2.19. The lowest BCUT2D eigenvalue weighted by Gasteiger charge is -2.22. The number of aromatic amines is 1. The number of aromatic nitrogens is 4. The smallest absolute Gasteiger partial charge is 0.274 e. The van der Waals surface area contributed by atoms with Crippen molar-refractivity contribution in [3.05, 3.63) is 57.2 Å². The SMILES string of the molecule is Cc1cc(=O)n2[nH]c(CN(C(=O)CC(C)C)c3ccc(Cl)cc3)nc2n1. The normalized spacial score (nSPS) is 11.3. The van der Waals surface area contributed by atoms with Gasteiger partial charge in [-0.05, 0) is 37.1 Å². The Morgan fingerprint density at radius 2 is 1.96 bits per heavy atom. The van der Waals surface area contributed by atoms with E-state index in [0.29, 0.717) is 23.0 Å². The van der Waals surface area contributed by atoms with Crippen molar-refractivity contribution in [3.8, 4) is 0 Å². The quantitative estimate of drug-likeness (QED) is 0.745. The van der Waals surface area contributed by atoms with Gasteiger partial charge in [-0.2, -0.15) is 9.50 Å². The molecule has 2 aromatic heterocycles. The number of nitrogens with zero attached hydrogens (tertiary/aromatic N) is 4. The van der Waals surface area contributed by atoms with Crippen LogP contribution in [-0.2, 0) is 11.3 Å². The fourth-order valence-electron chi connectivity index (χ4n) is 2.66. The molecular formula is C18H20ClN5O2. The third-order valence-electron chi connectivity index (χ3n) is 3.84. The molecule has 0 aliphatic carbocycles. The fraction of sp³-hybridized carbons (Fsp3) is 0.333. The Balaban J connectivity index is 1.97. The number of anilines is 1. The maximum atomic E-state index is 12.7. The van der Waals surface area contributed by atoms with E-state index in [9.17, 15) is 9.59 Å². The first-order valence-electron chi connectivity index (χ1n) is 8.34. The lowest BCUT2D eigenvalue weighted by Crippen LogP contribution is -2.31. The van der Waals surface area contributed by atoms with E-state index in [1.54, 1.807) is 36.1 Å². The number of halogens is 1. The number of carbonyl (C=O) groups is 1. The van der Waals surface area contributed by atoms with Crippen LogP contribution in [0.15, 0.2) is 35.1 Å². The maximum Gasteiger partial charge on any atom is 0.274 e. The summed E-state index contributed by atoms with van der Waals surface area (Å²) in [5.41, 5.74) is 1.08. The second-order valence-corrected chi connectivity index (χ2v) is 7.03. The monoisotopic (exact) mass is 373 g/mol. The van der Waals surface area contributed by atoms with E-state index < -0.39 is 0 Å². The number of hydrogen-bond acceptors (Lipinski definition) is 4. The molecule has 0 aliphatic rings. The molecule has 0 saturated carbocycles. The van der Waals surface area contributed by atoms with Gasteiger partial charge in [-0.15, -0.1) is 0 Å². The molecule has 0 fully saturated rings. The molecule has 8 heteroatoms. The third-order valence-corrected chi connectivity index (χ3v) is 4.09. The van der Waals surface area contributed by atoms with Crippen molar-refractivity contribution in [2.24, 2.45) is 5.92 Å². The van der Waals surface area contributed by atoms with Crippen molar-refractivity contribution in [2.75, 3.05) is 4.90 Å². The van der Waals surface area contributed by atoms with Crippen LogP contribution in [0.5, 0.6) is 0 Å². The summed E-state index contributed by atoms with van der Waals surface area (Å²) < 4.78 is 1.27. The van der Waals surface area contributed by atoms with Crippen molar-refractivity contribution >= 4 is 29.0 Å². The first-order chi connectivity index (χ1) is 12.3. The van der Waals surface area contributed by atoms with Gasteiger partial charge in [-0.25, -0.2) is 4.98 Å². The van der Waals surface area contributed by atoms with Crippen LogP contribution in [0.1, 0.15) is 31.8 Å². The van der Waals surface area contributed by atoms with E-state index in [1.165, 1.54) is 10.6 Å². The Hall–Kier alpha value is -2.67. The lowest BCUT2D eigenvalue weighted by molar-refractivity contribution is -0.119. The van der Waals surface area contributed by atoms with E-state index in [4.69, 9.17) is 11.6 Å². The zero-order chi connectivity index (χ0) is 18.8. The molecule has 3 rings (SSSR count). The summed E-state index contributed by atoms with van der Waals surface area (Å²) in [6, 6.07) is 8.48. The molecule has 1 amide bonds. The highest BCUT2D eigenvalue weighted by atomic mass is 35.5. The van der Waals surface area contributed by atoms with Gasteiger partial charge in [0.05, 0.1) is 6.54 Å². The Kier molecular flexibility index (Phi) is 5.08.